The van der Waals surface area contributed by atoms with Crippen LogP contribution >= 0.6 is 0 Å². The SMILES string of the molecule is Cc1ccc(F)c(C(=O)NCc2nnc(C3CC3)n2C2CC2)c1. The highest BCUT2D eigenvalue weighted by molar-refractivity contribution is 5.94. The monoisotopic (exact) mass is 314 g/mol. The third-order valence-corrected chi connectivity index (χ3v) is 4.42. The molecule has 2 saturated carbocycles. The van der Waals surface area contributed by atoms with Crippen molar-refractivity contribution in [3.8, 4) is 0 Å². The third-order valence-electron chi connectivity index (χ3n) is 4.42. The molecule has 4 rings (SSSR count). The Hall–Kier alpha value is -2.24. The van der Waals surface area contributed by atoms with E-state index in [1.165, 1.54) is 18.9 Å². The van der Waals surface area contributed by atoms with Crippen LogP contribution in [0.1, 0.15) is 65.2 Å². The Morgan fingerprint density at radius 2 is 2.09 bits per heavy atom. The Bertz CT molecular complexity index is 762. The minimum atomic E-state index is -0.504. The number of hydrogen-bond donors (Lipinski definition) is 1. The van der Waals surface area contributed by atoms with Crippen LogP contribution in [0.25, 0.3) is 0 Å². The van der Waals surface area contributed by atoms with Crippen LogP contribution in [0.3, 0.4) is 0 Å². The van der Waals surface area contributed by atoms with Gasteiger partial charge in [-0.15, -0.1) is 10.2 Å². The second kappa shape index (κ2) is 5.44. The molecule has 6 heteroatoms. The van der Waals surface area contributed by atoms with Gasteiger partial charge in [0.05, 0.1) is 12.1 Å². The molecule has 5 nitrogen and oxygen atoms in total. The van der Waals surface area contributed by atoms with Crippen molar-refractivity contribution in [2.75, 3.05) is 0 Å². The number of carbonyl (C=O) groups excluding carboxylic acids is 1. The van der Waals surface area contributed by atoms with Gasteiger partial charge < -0.3 is 9.88 Å². The van der Waals surface area contributed by atoms with Crippen LogP contribution in [0.2, 0.25) is 0 Å². The molecule has 1 amide bonds. The molecule has 23 heavy (non-hydrogen) atoms. The van der Waals surface area contributed by atoms with E-state index >= 15 is 0 Å². The number of halogens is 1. The lowest BCUT2D eigenvalue weighted by Gasteiger charge is -2.10. The van der Waals surface area contributed by atoms with Crippen LogP contribution in [0.5, 0.6) is 0 Å². The van der Waals surface area contributed by atoms with Crippen molar-refractivity contribution >= 4 is 5.91 Å². The van der Waals surface area contributed by atoms with Crippen molar-refractivity contribution in [1.82, 2.24) is 20.1 Å². The summed E-state index contributed by atoms with van der Waals surface area (Å²) in [5, 5.41) is 11.3. The molecule has 2 aromatic rings. The van der Waals surface area contributed by atoms with Crippen LogP contribution in [-0.2, 0) is 6.54 Å². The standard InChI is InChI=1S/C17H19FN4O/c1-10-2-7-14(18)13(8-10)17(23)19-9-15-20-21-16(11-3-4-11)22(15)12-5-6-12/h2,7-8,11-12H,3-6,9H2,1H3,(H,19,23). The third kappa shape index (κ3) is 2.85. The lowest BCUT2D eigenvalue weighted by molar-refractivity contribution is 0.0945. The zero-order valence-corrected chi connectivity index (χ0v) is 13.1. The van der Waals surface area contributed by atoms with E-state index in [-0.39, 0.29) is 12.1 Å². The van der Waals surface area contributed by atoms with Gasteiger partial charge in [-0.2, -0.15) is 0 Å². The summed E-state index contributed by atoms with van der Waals surface area (Å²) in [6.07, 6.45) is 4.63. The molecule has 2 aliphatic carbocycles. The Kier molecular flexibility index (Phi) is 3.39. The number of amides is 1. The van der Waals surface area contributed by atoms with Crippen molar-refractivity contribution in [2.45, 2.75) is 51.1 Å². The number of aromatic nitrogens is 3. The fraction of sp³-hybridized carbons (Fsp3) is 0.471. The molecule has 0 radical (unpaired) electrons. The van der Waals surface area contributed by atoms with E-state index < -0.39 is 11.7 Å². The minimum absolute atomic E-state index is 0.0740. The summed E-state index contributed by atoms with van der Waals surface area (Å²) >= 11 is 0. The quantitative estimate of drug-likeness (QED) is 0.923. The highest BCUT2D eigenvalue weighted by Crippen LogP contribution is 2.44. The van der Waals surface area contributed by atoms with E-state index in [2.05, 4.69) is 20.1 Å². The van der Waals surface area contributed by atoms with Gasteiger partial charge in [0.2, 0.25) is 0 Å². The van der Waals surface area contributed by atoms with Crippen molar-refractivity contribution in [1.29, 1.82) is 0 Å². The number of nitrogens with zero attached hydrogens (tertiary/aromatic N) is 3. The molecule has 0 spiro atoms. The molecule has 1 heterocycles. The Morgan fingerprint density at radius 3 is 2.78 bits per heavy atom. The van der Waals surface area contributed by atoms with Gasteiger partial charge in [0, 0.05) is 12.0 Å². The molecule has 0 atom stereocenters. The summed E-state index contributed by atoms with van der Waals surface area (Å²) < 4.78 is 16.0. The summed E-state index contributed by atoms with van der Waals surface area (Å²) in [4.78, 5) is 12.2. The van der Waals surface area contributed by atoms with Gasteiger partial charge >= 0.3 is 0 Å². The first kappa shape index (κ1) is 14.4. The molecule has 1 aromatic carbocycles. The molecule has 0 aliphatic heterocycles. The number of carbonyl (C=O) groups is 1. The van der Waals surface area contributed by atoms with Crippen LogP contribution in [0.15, 0.2) is 18.2 Å². The summed E-state index contributed by atoms with van der Waals surface area (Å²) in [6, 6.07) is 5.01. The van der Waals surface area contributed by atoms with Gasteiger partial charge in [-0.25, -0.2) is 4.39 Å². The summed E-state index contributed by atoms with van der Waals surface area (Å²) in [5.41, 5.74) is 0.929. The first-order valence-electron chi connectivity index (χ1n) is 8.11. The summed E-state index contributed by atoms with van der Waals surface area (Å²) in [6.45, 7) is 2.12. The first-order valence-corrected chi connectivity index (χ1v) is 8.11. The van der Waals surface area contributed by atoms with E-state index in [0.29, 0.717) is 12.0 Å². The zero-order valence-electron chi connectivity index (χ0n) is 13.1. The molecule has 1 aromatic heterocycles. The molecular formula is C17H19FN4O. The fourth-order valence-electron chi connectivity index (χ4n) is 2.88. The molecule has 0 saturated heterocycles. The molecule has 0 unspecified atom stereocenters. The molecular weight excluding hydrogens is 295 g/mol. The second-order valence-corrected chi connectivity index (χ2v) is 6.52. The Labute approximate surface area is 133 Å². The van der Waals surface area contributed by atoms with Crippen molar-refractivity contribution < 1.29 is 9.18 Å². The maximum Gasteiger partial charge on any atom is 0.254 e. The lowest BCUT2D eigenvalue weighted by Crippen LogP contribution is -2.26. The highest BCUT2D eigenvalue weighted by Gasteiger charge is 2.36. The van der Waals surface area contributed by atoms with Crippen molar-refractivity contribution in [3.05, 3.63) is 46.8 Å². The van der Waals surface area contributed by atoms with Crippen molar-refractivity contribution in [3.63, 3.8) is 0 Å². The molecule has 0 bridgehead atoms. The van der Waals surface area contributed by atoms with E-state index in [0.717, 1.165) is 30.1 Å². The Balaban J connectivity index is 1.51. The van der Waals surface area contributed by atoms with E-state index in [9.17, 15) is 9.18 Å². The van der Waals surface area contributed by atoms with Crippen LogP contribution < -0.4 is 5.32 Å². The normalized spacial score (nSPS) is 17.3. The average Bonchev–Trinajstić information content (AvgIpc) is 3.46. The van der Waals surface area contributed by atoms with Crippen LogP contribution in [0, 0.1) is 12.7 Å². The maximum absolute atomic E-state index is 13.8. The summed E-state index contributed by atoms with van der Waals surface area (Å²) in [7, 11) is 0. The minimum Gasteiger partial charge on any atom is -0.345 e. The van der Waals surface area contributed by atoms with E-state index in [1.807, 2.05) is 6.92 Å². The second-order valence-electron chi connectivity index (χ2n) is 6.52. The number of aryl methyl sites for hydroxylation is 1. The van der Waals surface area contributed by atoms with Crippen LogP contribution in [-0.4, -0.2) is 20.7 Å². The van der Waals surface area contributed by atoms with E-state index in [4.69, 9.17) is 0 Å². The number of nitrogens with one attached hydrogen (secondary N) is 1. The number of hydrogen-bond acceptors (Lipinski definition) is 3. The van der Waals surface area contributed by atoms with Gasteiger partial charge in [0.1, 0.15) is 11.6 Å². The van der Waals surface area contributed by atoms with Gasteiger partial charge in [-0.05, 0) is 44.7 Å². The largest absolute Gasteiger partial charge is 0.345 e. The fourth-order valence-corrected chi connectivity index (χ4v) is 2.88. The molecule has 2 fully saturated rings. The number of rotatable bonds is 5. The lowest BCUT2D eigenvalue weighted by atomic mass is 10.1. The van der Waals surface area contributed by atoms with E-state index in [1.54, 1.807) is 12.1 Å². The Morgan fingerprint density at radius 1 is 1.30 bits per heavy atom. The topological polar surface area (TPSA) is 59.8 Å². The average molecular weight is 314 g/mol. The van der Waals surface area contributed by atoms with Gasteiger partial charge in [0.25, 0.3) is 5.91 Å². The summed E-state index contributed by atoms with van der Waals surface area (Å²) in [5.74, 6) is 1.44. The zero-order chi connectivity index (χ0) is 16.0. The van der Waals surface area contributed by atoms with Crippen LogP contribution in [0.4, 0.5) is 4.39 Å². The number of benzene rings is 1. The molecule has 1 N–H and O–H groups in total. The van der Waals surface area contributed by atoms with Gasteiger partial charge in [0.15, 0.2) is 5.82 Å². The van der Waals surface area contributed by atoms with Gasteiger partial charge in [-0.3, -0.25) is 4.79 Å². The smallest absolute Gasteiger partial charge is 0.254 e. The first-order chi connectivity index (χ1) is 11.1. The predicted octanol–water partition coefficient (Wildman–Crippen LogP) is 2.87. The highest BCUT2D eigenvalue weighted by atomic mass is 19.1. The van der Waals surface area contributed by atoms with Crippen molar-refractivity contribution in [2.24, 2.45) is 0 Å². The predicted molar refractivity (Wildman–Crippen MR) is 82.6 cm³/mol. The molecule has 2 aliphatic rings. The van der Waals surface area contributed by atoms with Gasteiger partial charge in [-0.1, -0.05) is 11.6 Å². The maximum atomic E-state index is 13.8. The molecule has 120 valence electrons.